The van der Waals surface area contributed by atoms with E-state index < -0.39 is 5.76 Å². The lowest BCUT2D eigenvalue weighted by Crippen LogP contribution is -2.20. The Balaban J connectivity index is 1.70. The number of H-pyrrole nitrogens is 2. The molecule has 0 amide bonds. The Bertz CT molecular complexity index is 1210. The fourth-order valence-electron chi connectivity index (χ4n) is 2.61. The predicted molar refractivity (Wildman–Crippen MR) is 94.0 cm³/mol. The van der Waals surface area contributed by atoms with E-state index in [-0.39, 0.29) is 28.8 Å². The second-order valence-electron chi connectivity index (χ2n) is 5.57. The fraction of sp³-hybridized carbons (Fsp3) is 0.125. The number of aromatic nitrogens is 4. The number of hydrogen-bond acceptors (Lipinski definition) is 6. The van der Waals surface area contributed by atoms with Crippen molar-refractivity contribution in [2.45, 2.75) is 13.0 Å². The number of benzene rings is 1. The third kappa shape index (κ3) is 2.87. The lowest BCUT2D eigenvalue weighted by molar-refractivity contribution is 0.554. The molecule has 1 unspecified atom stereocenters. The van der Waals surface area contributed by atoms with Crippen molar-refractivity contribution in [3.8, 4) is 0 Å². The minimum atomic E-state index is -0.600. The van der Waals surface area contributed by atoms with Crippen molar-refractivity contribution < 1.29 is 4.42 Å². The summed E-state index contributed by atoms with van der Waals surface area (Å²) in [5.41, 5.74) is 1.56. The van der Waals surface area contributed by atoms with Crippen LogP contribution in [0, 0.1) is 0 Å². The van der Waals surface area contributed by atoms with E-state index in [2.05, 4.69) is 25.3 Å². The first-order chi connectivity index (χ1) is 12.0. The van der Waals surface area contributed by atoms with Crippen LogP contribution in [0.25, 0.3) is 22.1 Å². The van der Waals surface area contributed by atoms with Gasteiger partial charge in [-0.1, -0.05) is 11.6 Å². The average Bonchev–Trinajstić information content (AvgIpc) is 2.93. The summed E-state index contributed by atoms with van der Waals surface area (Å²) in [7, 11) is 0. The zero-order valence-electron chi connectivity index (χ0n) is 13.0. The number of fused-ring (bicyclic) bond motifs is 2. The van der Waals surface area contributed by atoms with Gasteiger partial charge in [-0.05, 0) is 31.2 Å². The lowest BCUT2D eigenvalue weighted by Gasteiger charge is -2.14. The average molecular weight is 358 g/mol. The number of anilines is 1. The van der Waals surface area contributed by atoms with E-state index in [1.165, 1.54) is 6.20 Å². The van der Waals surface area contributed by atoms with Crippen LogP contribution in [0.4, 0.5) is 5.95 Å². The van der Waals surface area contributed by atoms with Gasteiger partial charge in [-0.25, -0.2) is 9.78 Å². The number of rotatable bonds is 3. The highest BCUT2D eigenvalue weighted by Crippen LogP contribution is 2.21. The summed E-state index contributed by atoms with van der Waals surface area (Å²) in [6, 6.07) is 6.66. The zero-order valence-corrected chi connectivity index (χ0v) is 13.7. The van der Waals surface area contributed by atoms with Crippen molar-refractivity contribution in [2.75, 3.05) is 5.32 Å². The first kappa shape index (κ1) is 15.4. The van der Waals surface area contributed by atoms with Gasteiger partial charge in [0.25, 0.3) is 5.56 Å². The van der Waals surface area contributed by atoms with E-state index in [9.17, 15) is 9.59 Å². The molecule has 0 aliphatic carbocycles. The maximum atomic E-state index is 12.3. The molecule has 0 bridgehead atoms. The number of nitrogens with one attached hydrogen (secondary N) is 3. The molecule has 0 aliphatic heterocycles. The van der Waals surface area contributed by atoms with Crippen molar-refractivity contribution in [1.82, 2.24) is 19.9 Å². The zero-order chi connectivity index (χ0) is 17.6. The summed E-state index contributed by atoms with van der Waals surface area (Å²) < 4.78 is 4.86. The summed E-state index contributed by atoms with van der Waals surface area (Å²) in [6.07, 6.45) is 1.39. The minimum Gasteiger partial charge on any atom is -0.404 e. The molecule has 126 valence electrons. The smallest absolute Gasteiger partial charge is 0.404 e. The summed E-state index contributed by atoms with van der Waals surface area (Å²) >= 11 is 6.01. The molecule has 8 nitrogen and oxygen atoms in total. The Morgan fingerprint density at radius 1 is 1.24 bits per heavy atom. The molecule has 0 saturated carbocycles. The molecule has 0 saturated heterocycles. The van der Waals surface area contributed by atoms with E-state index in [1.807, 2.05) is 6.92 Å². The Kier molecular flexibility index (Phi) is 3.54. The van der Waals surface area contributed by atoms with Gasteiger partial charge in [0.2, 0.25) is 5.95 Å². The largest absolute Gasteiger partial charge is 0.418 e. The van der Waals surface area contributed by atoms with E-state index >= 15 is 0 Å². The molecule has 0 fully saturated rings. The third-order valence-electron chi connectivity index (χ3n) is 3.83. The van der Waals surface area contributed by atoms with Crippen LogP contribution in [0.2, 0.25) is 5.02 Å². The third-order valence-corrected chi connectivity index (χ3v) is 4.06. The minimum absolute atomic E-state index is 0.215. The summed E-state index contributed by atoms with van der Waals surface area (Å²) in [4.78, 5) is 37.0. The number of hydrogen-bond donors (Lipinski definition) is 3. The monoisotopic (exact) mass is 357 g/mol. The second-order valence-corrected chi connectivity index (χ2v) is 6.01. The van der Waals surface area contributed by atoms with Crippen molar-refractivity contribution in [3.05, 3.63) is 62.0 Å². The molecule has 4 rings (SSSR count). The van der Waals surface area contributed by atoms with Gasteiger partial charge in [0.15, 0.2) is 11.2 Å². The fourth-order valence-corrected chi connectivity index (χ4v) is 2.79. The molecule has 0 spiro atoms. The summed E-state index contributed by atoms with van der Waals surface area (Å²) in [5.74, 6) is -0.333. The maximum Gasteiger partial charge on any atom is 0.418 e. The van der Waals surface area contributed by atoms with Crippen LogP contribution in [0.1, 0.15) is 18.5 Å². The van der Waals surface area contributed by atoms with Crippen molar-refractivity contribution in [2.24, 2.45) is 0 Å². The maximum absolute atomic E-state index is 12.3. The highest BCUT2D eigenvalue weighted by atomic mass is 35.5. The van der Waals surface area contributed by atoms with Gasteiger partial charge in [-0.2, -0.15) is 4.98 Å². The number of oxazole rings is 1. The second kappa shape index (κ2) is 5.75. The SMILES string of the molecule is CC(Nc1ncc2oc(=O)[nH]c2n1)c1cc2cc(Cl)ccc2[nH]c1=O. The number of pyridine rings is 1. The molecule has 3 heterocycles. The molecule has 25 heavy (non-hydrogen) atoms. The molecule has 1 aromatic carbocycles. The van der Waals surface area contributed by atoms with Crippen LogP contribution in [-0.4, -0.2) is 19.9 Å². The van der Waals surface area contributed by atoms with Crippen LogP contribution < -0.4 is 16.6 Å². The van der Waals surface area contributed by atoms with Crippen LogP contribution in [0.3, 0.4) is 0 Å². The van der Waals surface area contributed by atoms with E-state index in [1.54, 1.807) is 24.3 Å². The number of nitrogens with zero attached hydrogens (tertiary/aromatic N) is 2. The molecule has 3 N–H and O–H groups in total. The van der Waals surface area contributed by atoms with Crippen molar-refractivity contribution in [1.29, 1.82) is 0 Å². The summed E-state index contributed by atoms with van der Waals surface area (Å²) in [5, 5.41) is 4.45. The molecular weight excluding hydrogens is 346 g/mol. The molecule has 4 aromatic rings. The van der Waals surface area contributed by atoms with E-state index in [0.717, 1.165) is 5.39 Å². The quantitative estimate of drug-likeness (QED) is 0.519. The van der Waals surface area contributed by atoms with Gasteiger partial charge in [-0.15, -0.1) is 0 Å². The normalized spacial score (nSPS) is 12.6. The van der Waals surface area contributed by atoms with Crippen LogP contribution in [0.5, 0.6) is 0 Å². The van der Waals surface area contributed by atoms with Crippen LogP contribution >= 0.6 is 11.6 Å². The Morgan fingerprint density at radius 2 is 2.08 bits per heavy atom. The van der Waals surface area contributed by atoms with E-state index in [4.69, 9.17) is 16.0 Å². The van der Waals surface area contributed by atoms with Crippen LogP contribution in [-0.2, 0) is 0 Å². The Labute approximate surface area is 144 Å². The molecule has 0 aliphatic rings. The number of aromatic amines is 2. The van der Waals surface area contributed by atoms with Gasteiger partial charge in [0, 0.05) is 21.5 Å². The van der Waals surface area contributed by atoms with Gasteiger partial charge in [0.1, 0.15) is 0 Å². The molecule has 3 aromatic heterocycles. The summed E-state index contributed by atoms with van der Waals surface area (Å²) in [6.45, 7) is 1.81. The number of halogens is 1. The molecule has 9 heteroatoms. The highest BCUT2D eigenvalue weighted by Gasteiger charge is 2.14. The highest BCUT2D eigenvalue weighted by molar-refractivity contribution is 6.31. The lowest BCUT2D eigenvalue weighted by atomic mass is 10.1. The van der Waals surface area contributed by atoms with Crippen molar-refractivity contribution in [3.63, 3.8) is 0 Å². The Hall–Kier alpha value is -3.13. The Morgan fingerprint density at radius 3 is 2.92 bits per heavy atom. The topological polar surface area (TPSA) is 117 Å². The van der Waals surface area contributed by atoms with Gasteiger partial charge in [-0.3, -0.25) is 9.78 Å². The standard InChI is InChI=1S/C16H12ClN5O3/c1-7(19-15-18-6-12-13(21-15)22-16(24)25-12)10-5-8-4-9(17)2-3-11(8)20-14(10)23/h2-7H,1H3,(H,20,23)(H2,18,19,21,22,24). The van der Waals surface area contributed by atoms with Crippen molar-refractivity contribution >= 4 is 39.7 Å². The first-order valence-corrected chi connectivity index (χ1v) is 7.82. The molecule has 0 radical (unpaired) electrons. The van der Waals surface area contributed by atoms with Gasteiger partial charge < -0.3 is 14.7 Å². The molecular formula is C16H12ClN5O3. The first-order valence-electron chi connectivity index (χ1n) is 7.44. The van der Waals surface area contributed by atoms with Gasteiger partial charge in [0.05, 0.1) is 12.2 Å². The van der Waals surface area contributed by atoms with Gasteiger partial charge >= 0.3 is 5.76 Å². The van der Waals surface area contributed by atoms with E-state index in [0.29, 0.717) is 16.1 Å². The van der Waals surface area contributed by atoms with Crippen LogP contribution in [0.15, 0.2) is 44.5 Å². The molecule has 1 atom stereocenters. The predicted octanol–water partition coefficient (Wildman–Crippen LogP) is 2.58.